The molecule has 2 rings (SSSR count). The Balaban J connectivity index is 2.06. The molecule has 5 nitrogen and oxygen atoms in total. The van der Waals surface area contributed by atoms with Crippen LogP contribution in [0.15, 0.2) is 24.5 Å². The minimum absolute atomic E-state index is 0.00861. The van der Waals surface area contributed by atoms with Crippen molar-refractivity contribution in [3.63, 3.8) is 0 Å². The highest BCUT2D eigenvalue weighted by Crippen LogP contribution is 2.25. The molecule has 0 aromatic carbocycles. The van der Waals surface area contributed by atoms with Crippen LogP contribution >= 0.6 is 0 Å². The molecule has 0 radical (unpaired) electrons. The van der Waals surface area contributed by atoms with E-state index in [0.29, 0.717) is 13.0 Å². The summed E-state index contributed by atoms with van der Waals surface area (Å²) in [4.78, 5) is 32.3. The Labute approximate surface area is 126 Å². The summed E-state index contributed by atoms with van der Waals surface area (Å²) in [5.74, 6) is -0.108. The average molecular weight is 289 g/mol. The van der Waals surface area contributed by atoms with Crippen LogP contribution in [0.2, 0.25) is 0 Å². The fraction of sp³-hybridized carbons (Fsp3) is 0.562. The molecule has 1 aliphatic rings. The first-order chi connectivity index (χ1) is 10.2. The topological polar surface area (TPSA) is 53.5 Å². The van der Waals surface area contributed by atoms with Gasteiger partial charge in [0, 0.05) is 32.3 Å². The van der Waals surface area contributed by atoms with Crippen molar-refractivity contribution in [2.75, 3.05) is 24.5 Å². The number of aromatic nitrogens is 1. The molecule has 0 saturated carbocycles. The lowest BCUT2D eigenvalue weighted by atomic mass is 10.1. The lowest BCUT2D eigenvalue weighted by Crippen LogP contribution is -2.38. The number of rotatable bonds is 6. The largest absolute Gasteiger partial charge is 0.342 e. The van der Waals surface area contributed by atoms with Gasteiger partial charge in [0.05, 0.1) is 17.8 Å². The fourth-order valence-corrected chi connectivity index (χ4v) is 2.77. The Morgan fingerprint density at radius 2 is 2.10 bits per heavy atom. The summed E-state index contributed by atoms with van der Waals surface area (Å²) in [6, 6.07) is 3.66. The number of hydrogen-bond donors (Lipinski definition) is 0. The maximum atomic E-state index is 12.6. The van der Waals surface area contributed by atoms with Gasteiger partial charge in [0.1, 0.15) is 0 Å². The highest BCUT2D eigenvalue weighted by atomic mass is 16.2. The molecule has 1 saturated heterocycles. The van der Waals surface area contributed by atoms with Crippen LogP contribution in [0.25, 0.3) is 0 Å². The monoisotopic (exact) mass is 289 g/mol. The molecule has 114 valence electrons. The third-order valence-electron chi connectivity index (χ3n) is 3.73. The van der Waals surface area contributed by atoms with Crippen molar-refractivity contribution < 1.29 is 9.59 Å². The van der Waals surface area contributed by atoms with Crippen LogP contribution in [-0.4, -0.2) is 41.3 Å². The number of pyridine rings is 1. The van der Waals surface area contributed by atoms with Crippen LogP contribution < -0.4 is 4.90 Å². The maximum absolute atomic E-state index is 12.6. The first-order valence-corrected chi connectivity index (χ1v) is 7.66. The van der Waals surface area contributed by atoms with Crippen LogP contribution in [0.5, 0.6) is 0 Å². The molecule has 0 spiro atoms. The van der Waals surface area contributed by atoms with E-state index in [9.17, 15) is 9.59 Å². The Bertz CT molecular complexity index is 484. The van der Waals surface area contributed by atoms with Crippen LogP contribution in [0.3, 0.4) is 0 Å². The minimum Gasteiger partial charge on any atom is -0.342 e. The van der Waals surface area contributed by atoms with Crippen LogP contribution in [0, 0.1) is 5.92 Å². The Morgan fingerprint density at radius 1 is 1.38 bits per heavy atom. The van der Waals surface area contributed by atoms with Gasteiger partial charge < -0.3 is 9.80 Å². The first-order valence-electron chi connectivity index (χ1n) is 7.66. The van der Waals surface area contributed by atoms with Gasteiger partial charge in [0.2, 0.25) is 11.8 Å². The van der Waals surface area contributed by atoms with E-state index in [1.165, 1.54) is 0 Å². The fourth-order valence-electron chi connectivity index (χ4n) is 2.77. The average Bonchev–Trinajstić information content (AvgIpc) is 2.89. The molecule has 1 fully saturated rings. The van der Waals surface area contributed by atoms with Gasteiger partial charge in [-0.1, -0.05) is 13.8 Å². The maximum Gasteiger partial charge on any atom is 0.228 e. The van der Waals surface area contributed by atoms with E-state index in [1.807, 2.05) is 11.0 Å². The van der Waals surface area contributed by atoms with E-state index in [4.69, 9.17) is 0 Å². The summed E-state index contributed by atoms with van der Waals surface area (Å²) in [6.07, 6.45) is 5.53. The highest BCUT2D eigenvalue weighted by Gasteiger charge is 2.36. The van der Waals surface area contributed by atoms with Gasteiger partial charge in [-0.2, -0.15) is 0 Å². The molecule has 1 atom stereocenters. The smallest absolute Gasteiger partial charge is 0.228 e. The predicted octanol–water partition coefficient (Wildman–Crippen LogP) is 2.08. The van der Waals surface area contributed by atoms with Gasteiger partial charge in [0.25, 0.3) is 0 Å². The second-order valence-corrected chi connectivity index (χ2v) is 5.44. The third kappa shape index (κ3) is 3.60. The summed E-state index contributed by atoms with van der Waals surface area (Å²) in [6.45, 7) is 6.14. The van der Waals surface area contributed by atoms with Crippen molar-refractivity contribution in [1.82, 2.24) is 9.88 Å². The Morgan fingerprint density at radius 3 is 2.67 bits per heavy atom. The molecule has 21 heavy (non-hydrogen) atoms. The molecule has 1 aliphatic heterocycles. The molecule has 0 bridgehead atoms. The van der Waals surface area contributed by atoms with Gasteiger partial charge in [-0.25, -0.2) is 0 Å². The lowest BCUT2D eigenvalue weighted by Gasteiger charge is -2.24. The Hall–Kier alpha value is -1.91. The molecule has 1 aromatic rings. The summed E-state index contributed by atoms with van der Waals surface area (Å²) in [7, 11) is 0. The van der Waals surface area contributed by atoms with Gasteiger partial charge in [0.15, 0.2) is 0 Å². The number of carbonyl (C=O) groups is 2. The molecule has 0 aliphatic carbocycles. The first kappa shape index (κ1) is 15.5. The summed E-state index contributed by atoms with van der Waals surface area (Å²) in [5.41, 5.74) is 0.773. The van der Waals surface area contributed by atoms with Crippen molar-refractivity contribution in [2.45, 2.75) is 33.1 Å². The minimum atomic E-state index is -0.226. The quantitative estimate of drug-likeness (QED) is 0.805. The predicted molar refractivity (Wildman–Crippen MR) is 81.9 cm³/mol. The van der Waals surface area contributed by atoms with Crippen LogP contribution in [-0.2, 0) is 9.59 Å². The Kier molecular flexibility index (Phi) is 5.31. The van der Waals surface area contributed by atoms with Gasteiger partial charge in [-0.3, -0.25) is 14.6 Å². The zero-order valence-electron chi connectivity index (χ0n) is 12.8. The van der Waals surface area contributed by atoms with Crippen molar-refractivity contribution >= 4 is 17.5 Å². The zero-order chi connectivity index (χ0) is 15.2. The molecule has 2 heterocycles. The molecule has 0 N–H and O–H groups in total. The van der Waals surface area contributed by atoms with Crippen molar-refractivity contribution in [1.29, 1.82) is 0 Å². The molecule has 5 heteroatoms. The van der Waals surface area contributed by atoms with Gasteiger partial charge in [-0.15, -0.1) is 0 Å². The van der Waals surface area contributed by atoms with E-state index in [0.717, 1.165) is 31.6 Å². The molecule has 1 aromatic heterocycles. The summed E-state index contributed by atoms with van der Waals surface area (Å²) in [5, 5.41) is 0. The lowest BCUT2D eigenvalue weighted by molar-refractivity contribution is -0.135. The van der Waals surface area contributed by atoms with E-state index in [1.54, 1.807) is 23.4 Å². The van der Waals surface area contributed by atoms with Crippen molar-refractivity contribution in [2.24, 2.45) is 5.92 Å². The van der Waals surface area contributed by atoms with E-state index >= 15 is 0 Å². The number of anilines is 1. The SMILES string of the molecule is CCCN(CCC)C(=O)C1CC(=O)N(c2cccnc2)C1. The normalized spacial score (nSPS) is 18.1. The number of nitrogens with zero attached hydrogens (tertiary/aromatic N) is 3. The standard InChI is InChI=1S/C16H23N3O2/c1-3-8-18(9-4-2)16(21)13-10-15(20)19(12-13)14-6-5-7-17-11-14/h5-7,11,13H,3-4,8-10,12H2,1-2H3. The summed E-state index contributed by atoms with van der Waals surface area (Å²) < 4.78 is 0. The van der Waals surface area contributed by atoms with Crippen LogP contribution in [0.1, 0.15) is 33.1 Å². The van der Waals surface area contributed by atoms with Crippen LogP contribution in [0.4, 0.5) is 5.69 Å². The van der Waals surface area contributed by atoms with E-state index in [-0.39, 0.29) is 17.7 Å². The highest BCUT2D eigenvalue weighted by molar-refractivity contribution is 6.00. The number of hydrogen-bond acceptors (Lipinski definition) is 3. The van der Waals surface area contributed by atoms with E-state index < -0.39 is 0 Å². The number of amides is 2. The number of carbonyl (C=O) groups excluding carboxylic acids is 2. The molecule has 1 unspecified atom stereocenters. The molecular formula is C16H23N3O2. The third-order valence-corrected chi connectivity index (χ3v) is 3.73. The van der Waals surface area contributed by atoms with Crippen molar-refractivity contribution in [3.05, 3.63) is 24.5 Å². The second kappa shape index (κ2) is 7.20. The van der Waals surface area contributed by atoms with Gasteiger partial charge >= 0.3 is 0 Å². The summed E-state index contributed by atoms with van der Waals surface area (Å²) >= 11 is 0. The van der Waals surface area contributed by atoms with Gasteiger partial charge in [-0.05, 0) is 25.0 Å². The molecule has 2 amide bonds. The van der Waals surface area contributed by atoms with E-state index in [2.05, 4.69) is 18.8 Å². The second-order valence-electron chi connectivity index (χ2n) is 5.44. The zero-order valence-corrected chi connectivity index (χ0v) is 12.8. The van der Waals surface area contributed by atoms with Crippen molar-refractivity contribution in [3.8, 4) is 0 Å². The molecular weight excluding hydrogens is 266 g/mol.